The molecule has 0 aliphatic rings. The monoisotopic (exact) mass is 366 g/mol. The van der Waals surface area contributed by atoms with E-state index in [4.69, 9.17) is 4.74 Å². The number of hydrogen-bond donors (Lipinski definition) is 0. The van der Waals surface area contributed by atoms with E-state index in [9.17, 15) is 23.7 Å². The van der Waals surface area contributed by atoms with Gasteiger partial charge in [-0.1, -0.05) is 12.1 Å². The van der Waals surface area contributed by atoms with Crippen LogP contribution in [0.4, 0.5) is 14.5 Å². The van der Waals surface area contributed by atoms with Crippen LogP contribution in [0.25, 0.3) is 0 Å². The van der Waals surface area contributed by atoms with Gasteiger partial charge in [-0.2, -0.15) is 8.78 Å². The molecule has 0 atom stereocenters. The van der Waals surface area contributed by atoms with E-state index in [2.05, 4.69) is 4.74 Å². The smallest absolute Gasteiger partial charge is 0.387 e. The van der Waals surface area contributed by atoms with Crippen molar-refractivity contribution >= 4 is 11.6 Å². The third-order valence-electron chi connectivity index (χ3n) is 3.54. The van der Waals surface area contributed by atoms with E-state index in [1.165, 1.54) is 43.3 Å². The molecule has 0 fully saturated rings. The number of benzene rings is 2. The first kappa shape index (κ1) is 19.1. The number of nitrogens with zero attached hydrogens (tertiary/aromatic N) is 2. The van der Waals surface area contributed by atoms with Gasteiger partial charge in [-0.3, -0.25) is 14.9 Å². The molecule has 0 radical (unpaired) electrons. The van der Waals surface area contributed by atoms with Crippen LogP contribution < -0.4 is 9.47 Å². The second-order valence-electron chi connectivity index (χ2n) is 5.33. The van der Waals surface area contributed by atoms with Gasteiger partial charge in [0.1, 0.15) is 11.5 Å². The Kier molecular flexibility index (Phi) is 6.05. The number of carbonyl (C=O) groups excluding carboxylic acids is 1. The van der Waals surface area contributed by atoms with Crippen molar-refractivity contribution < 1.29 is 28.0 Å². The topological polar surface area (TPSA) is 81.9 Å². The van der Waals surface area contributed by atoms with Crippen molar-refractivity contribution in [1.29, 1.82) is 0 Å². The molecule has 2 aromatic carbocycles. The third kappa shape index (κ3) is 4.65. The van der Waals surface area contributed by atoms with E-state index >= 15 is 0 Å². The van der Waals surface area contributed by atoms with Gasteiger partial charge in [0.15, 0.2) is 0 Å². The minimum Gasteiger partial charge on any atom is -0.496 e. The quantitative estimate of drug-likeness (QED) is 0.553. The van der Waals surface area contributed by atoms with E-state index in [0.717, 1.165) is 6.07 Å². The second-order valence-corrected chi connectivity index (χ2v) is 5.33. The predicted octanol–water partition coefficient (Wildman–Crippen LogP) is 3.48. The first-order valence-electron chi connectivity index (χ1n) is 7.43. The molecule has 0 aliphatic carbocycles. The lowest BCUT2D eigenvalue weighted by molar-refractivity contribution is -0.384. The lowest BCUT2D eigenvalue weighted by Crippen LogP contribution is -2.26. The summed E-state index contributed by atoms with van der Waals surface area (Å²) in [6.45, 7) is -2.74. The van der Waals surface area contributed by atoms with Crippen molar-refractivity contribution in [3.8, 4) is 11.5 Å². The number of non-ortho nitro benzene ring substituents is 1. The van der Waals surface area contributed by atoms with Gasteiger partial charge < -0.3 is 14.4 Å². The lowest BCUT2D eigenvalue weighted by atomic mass is 10.1. The molecule has 9 heteroatoms. The number of amides is 1. The molecule has 2 rings (SSSR count). The zero-order valence-electron chi connectivity index (χ0n) is 14.0. The summed E-state index contributed by atoms with van der Waals surface area (Å²) < 4.78 is 33.7. The van der Waals surface area contributed by atoms with Gasteiger partial charge in [0.05, 0.1) is 17.6 Å². The number of alkyl halides is 2. The number of nitro groups is 1. The average molecular weight is 366 g/mol. The maximum Gasteiger partial charge on any atom is 0.387 e. The van der Waals surface area contributed by atoms with Gasteiger partial charge in [0.25, 0.3) is 11.6 Å². The van der Waals surface area contributed by atoms with Crippen molar-refractivity contribution in [2.75, 3.05) is 14.2 Å². The highest BCUT2D eigenvalue weighted by atomic mass is 19.3. The van der Waals surface area contributed by atoms with Crippen molar-refractivity contribution in [2.45, 2.75) is 13.2 Å². The van der Waals surface area contributed by atoms with E-state index in [1.54, 1.807) is 12.1 Å². The first-order valence-corrected chi connectivity index (χ1v) is 7.43. The molecule has 0 heterocycles. The third-order valence-corrected chi connectivity index (χ3v) is 3.54. The summed E-state index contributed by atoms with van der Waals surface area (Å²) >= 11 is 0. The Labute approximate surface area is 147 Å². The van der Waals surface area contributed by atoms with Gasteiger partial charge in [-0.05, 0) is 23.8 Å². The first-order chi connectivity index (χ1) is 12.3. The lowest BCUT2D eigenvalue weighted by Gasteiger charge is -2.19. The minimum absolute atomic E-state index is 0.0121. The fourth-order valence-corrected chi connectivity index (χ4v) is 2.30. The molecule has 0 saturated heterocycles. The summed E-state index contributed by atoms with van der Waals surface area (Å²) in [6, 6.07) is 9.59. The maximum absolute atomic E-state index is 12.6. The zero-order valence-corrected chi connectivity index (χ0v) is 14.0. The van der Waals surface area contributed by atoms with Gasteiger partial charge in [0, 0.05) is 25.7 Å². The summed E-state index contributed by atoms with van der Waals surface area (Å²) in [6.07, 6.45) is 0. The molecule has 7 nitrogen and oxygen atoms in total. The minimum atomic E-state index is -2.91. The van der Waals surface area contributed by atoms with Gasteiger partial charge in [-0.15, -0.1) is 0 Å². The standard InChI is InChI=1S/C17H16F2N2O5/c1-20(10-11-3-6-13(7-4-11)26-17(18)19)16(22)14-9-12(21(23)24)5-8-15(14)25-2/h3-9,17H,10H2,1-2H3. The fourth-order valence-electron chi connectivity index (χ4n) is 2.30. The highest BCUT2D eigenvalue weighted by Crippen LogP contribution is 2.25. The van der Waals surface area contributed by atoms with Crippen molar-refractivity contribution in [1.82, 2.24) is 4.90 Å². The number of ether oxygens (including phenoxy) is 2. The molecule has 26 heavy (non-hydrogen) atoms. The van der Waals surface area contributed by atoms with Crippen molar-refractivity contribution in [2.24, 2.45) is 0 Å². The van der Waals surface area contributed by atoms with Crippen LogP contribution in [-0.2, 0) is 6.54 Å². The van der Waals surface area contributed by atoms with E-state index in [1.807, 2.05) is 0 Å². The van der Waals surface area contributed by atoms with Crippen molar-refractivity contribution in [3.63, 3.8) is 0 Å². The normalized spacial score (nSPS) is 10.5. The largest absolute Gasteiger partial charge is 0.496 e. The van der Waals surface area contributed by atoms with Crippen LogP contribution in [0.3, 0.4) is 0 Å². The Bertz CT molecular complexity index is 796. The van der Waals surface area contributed by atoms with Crippen LogP contribution in [0.2, 0.25) is 0 Å². The summed E-state index contributed by atoms with van der Waals surface area (Å²) in [5.41, 5.74) is 0.504. The van der Waals surface area contributed by atoms with Crippen LogP contribution >= 0.6 is 0 Å². The number of carbonyl (C=O) groups is 1. The zero-order chi connectivity index (χ0) is 19.3. The molecule has 138 valence electrons. The Morgan fingerprint density at radius 2 is 1.88 bits per heavy atom. The van der Waals surface area contributed by atoms with Gasteiger partial charge >= 0.3 is 6.61 Å². The van der Waals surface area contributed by atoms with Crippen molar-refractivity contribution in [3.05, 3.63) is 63.7 Å². The SMILES string of the molecule is COc1ccc([N+](=O)[O-])cc1C(=O)N(C)Cc1ccc(OC(F)F)cc1. The Balaban J connectivity index is 2.16. The summed E-state index contributed by atoms with van der Waals surface area (Å²) in [4.78, 5) is 24.3. The number of hydrogen-bond acceptors (Lipinski definition) is 5. The molecule has 0 saturated carbocycles. The number of methoxy groups -OCH3 is 1. The second kappa shape index (κ2) is 8.24. The van der Waals surface area contributed by atoms with Crippen LogP contribution in [0.1, 0.15) is 15.9 Å². The predicted molar refractivity (Wildman–Crippen MR) is 88.5 cm³/mol. The fraction of sp³-hybridized carbons (Fsp3) is 0.235. The average Bonchev–Trinajstić information content (AvgIpc) is 2.61. The molecule has 0 N–H and O–H groups in total. The van der Waals surface area contributed by atoms with Gasteiger partial charge in [-0.25, -0.2) is 0 Å². The Hall–Kier alpha value is -3.23. The van der Waals surface area contributed by atoms with Crippen LogP contribution in [0.15, 0.2) is 42.5 Å². The van der Waals surface area contributed by atoms with Gasteiger partial charge in [0.2, 0.25) is 0 Å². The van der Waals surface area contributed by atoms with Crippen LogP contribution in [-0.4, -0.2) is 36.5 Å². The molecule has 1 amide bonds. The molecular weight excluding hydrogens is 350 g/mol. The van der Waals surface area contributed by atoms with E-state index < -0.39 is 17.4 Å². The van der Waals surface area contributed by atoms with E-state index in [0.29, 0.717) is 5.56 Å². The summed E-state index contributed by atoms with van der Waals surface area (Å²) in [7, 11) is 2.88. The molecule has 0 unspecified atom stereocenters. The molecule has 0 bridgehead atoms. The molecule has 0 aliphatic heterocycles. The molecule has 0 spiro atoms. The summed E-state index contributed by atoms with van der Waals surface area (Å²) in [5, 5.41) is 10.9. The molecule has 2 aromatic rings. The molecule has 0 aromatic heterocycles. The van der Waals surface area contributed by atoms with E-state index in [-0.39, 0.29) is 29.3 Å². The number of nitro benzene ring substituents is 1. The number of rotatable bonds is 7. The Morgan fingerprint density at radius 1 is 1.23 bits per heavy atom. The van der Waals surface area contributed by atoms with Crippen LogP contribution in [0, 0.1) is 10.1 Å². The summed E-state index contributed by atoms with van der Waals surface area (Å²) in [5.74, 6) is -0.246. The maximum atomic E-state index is 12.6. The highest BCUT2D eigenvalue weighted by molar-refractivity contribution is 5.97. The number of halogens is 2. The highest BCUT2D eigenvalue weighted by Gasteiger charge is 2.20. The Morgan fingerprint density at radius 3 is 2.42 bits per heavy atom. The molecular formula is C17H16F2N2O5. The van der Waals surface area contributed by atoms with Crippen LogP contribution in [0.5, 0.6) is 11.5 Å².